The van der Waals surface area contributed by atoms with E-state index in [1.807, 2.05) is 0 Å². The highest BCUT2D eigenvalue weighted by molar-refractivity contribution is 6.39. The second-order valence-electron chi connectivity index (χ2n) is 11.8. The van der Waals surface area contributed by atoms with Gasteiger partial charge in [0.15, 0.2) is 0 Å². The fraction of sp³-hybridized carbons (Fsp3) is 0.552. The minimum atomic E-state index is -1.12. The van der Waals surface area contributed by atoms with Gasteiger partial charge in [-0.05, 0) is 75.0 Å². The molecule has 4 fully saturated rings. The van der Waals surface area contributed by atoms with Crippen molar-refractivity contribution in [3.05, 3.63) is 33.9 Å². The predicted molar refractivity (Wildman–Crippen MR) is 149 cm³/mol. The predicted octanol–water partition coefficient (Wildman–Crippen LogP) is 3.81. The van der Waals surface area contributed by atoms with Crippen LogP contribution in [-0.2, 0) is 19.2 Å². The van der Waals surface area contributed by atoms with Crippen LogP contribution in [0.3, 0.4) is 0 Å². The van der Waals surface area contributed by atoms with Crippen molar-refractivity contribution in [3.63, 3.8) is 0 Å². The van der Waals surface area contributed by atoms with Crippen LogP contribution in [0.5, 0.6) is 0 Å². The molecule has 2 heterocycles. The van der Waals surface area contributed by atoms with Crippen LogP contribution in [0.25, 0.3) is 10.9 Å². The van der Waals surface area contributed by atoms with Crippen LogP contribution in [0.2, 0.25) is 10.0 Å². The van der Waals surface area contributed by atoms with Gasteiger partial charge in [-0.1, -0.05) is 29.6 Å². The zero-order valence-corrected chi connectivity index (χ0v) is 23.5. The molecule has 0 bridgehead atoms. The van der Waals surface area contributed by atoms with Crippen LogP contribution >= 0.6 is 23.2 Å². The molecule has 9 nitrogen and oxygen atoms in total. The Bertz CT molecular complexity index is 1400. The van der Waals surface area contributed by atoms with Crippen LogP contribution in [0.1, 0.15) is 68.3 Å². The van der Waals surface area contributed by atoms with Crippen molar-refractivity contribution < 1.29 is 24.0 Å². The number of nitrogens with one attached hydrogen (secondary N) is 3. The van der Waals surface area contributed by atoms with Gasteiger partial charge in [0.25, 0.3) is 11.8 Å². The van der Waals surface area contributed by atoms with E-state index in [0.717, 1.165) is 38.5 Å². The Morgan fingerprint density at radius 2 is 1.82 bits per heavy atom. The number of H-pyrrole nitrogens is 1. The number of fused-ring (bicyclic) bond motifs is 2. The average Bonchev–Trinajstić information content (AvgIpc) is 3.26. The summed E-state index contributed by atoms with van der Waals surface area (Å²) in [6.45, 7) is 0.424. The molecule has 1 saturated heterocycles. The second-order valence-corrected chi connectivity index (χ2v) is 12.6. The van der Waals surface area contributed by atoms with Gasteiger partial charge in [-0.3, -0.25) is 24.0 Å². The number of halogens is 2. The third-order valence-corrected chi connectivity index (χ3v) is 9.55. The molecule has 0 unspecified atom stereocenters. The van der Waals surface area contributed by atoms with Gasteiger partial charge in [-0.25, -0.2) is 0 Å². The van der Waals surface area contributed by atoms with E-state index in [2.05, 4.69) is 15.6 Å². The highest BCUT2D eigenvalue weighted by Crippen LogP contribution is 2.43. The maximum absolute atomic E-state index is 13.9. The molecule has 0 radical (unpaired) electrons. The van der Waals surface area contributed by atoms with Crippen molar-refractivity contribution in [2.75, 3.05) is 6.54 Å². The first kappa shape index (κ1) is 27.3. The Morgan fingerprint density at radius 1 is 1.02 bits per heavy atom. The summed E-state index contributed by atoms with van der Waals surface area (Å²) in [6.07, 6.45) is 6.23. The number of Topliss-reactive ketones (excluding diaryl/α,β-unsaturated/α-hetero) is 2. The molecule has 11 heteroatoms. The molecule has 3 amide bonds. The second kappa shape index (κ2) is 10.8. The van der Waals surface area contributed by atoms with E-state index in [-0.39, 0.29) is 41.9 Å². The third kappa shape index (κ3) is 5.26. The largest absolute Gasteiger partial charge is 0.350 e. The summed E-state index contributed by atoms with van der Waals surface area (Å²) in [5, 5.41) is 7.04. The number of aromatic nitrogens is 1. The molecule has 6 rings (SSSR count). The topological polar surface area (TPSA) is 128 Å². The van der Waals surface area contributed by atoms with Crippen LogP contribution in [-0.4, -0.2) is 63.8 Å². The monoisotopic (exact) mass is 586 g/mol. The molecule has 1 aromatic carbocycles. The summed E-state index contributed by atoms with van der Waals surface area (Å²) < 4.78 is 0. The SMILES string of the molecule is O=C(NC1CC1)C(=O)[C@H](C[C@@H]1CCCC1=O)NC(=O)[C@@H]1[C@H]2CCC[C@H]2CN1C(=O)c1cc2c(Cl)cc(Cl)cc2[nH]1. The highest BCUT2D eigenvalue weighted by Gasteiger charge is 2.50. The Labute approximate surface area is 241 Å². The maximum Gasteiger partial charge on any atom is 0.289 e. The zero-order valence-electron chi connectivity index (χ0n) is 22.0. The van der Waals surface area contributed by atoms with E-state index in [9.17, 15) is 24.0 Å². The normalized spacial score (nSPS) is 26.6. The number of rotatable bonds is 8. The Kier molecular flexibility index (Phi) is 7.38. The Hall–Kier alpha value is -2.91. The van der Waals surface area contributed by atoms with Crippen molar-refractivity contribution in [3.8, 4) is 0 Å². The van der Waals surface area contributed by atoms with E-state index in [1.54, 1.807) is 23.1 Å². The minimum Gasteiger partial charge on any atom is -0.350 e. The molecule has 3 aliphatic carbocycles. The number of aromatic amines is 1. The molecule has 5 atom stereocenters. The number of carbonyl (C=O) groups excluding carboxylic acids is 5. The van der Waals surface area contributed by atoms with Crippen LogP contribution in [0.15, 0.2) is 18.2 Å². The van der Waals surface area contributed by atoms with Gasteiger partial charge in [-0.2, -0.15) is 0 Å². The standard InChI is InChI=1S/C29H32Cl2N4O5/c30-16-10-20(31)19-12-23(33-21(19)11-16)29(40)35-13-15-4-1-5-18(15)25(35)27(38)34-22(9-14-3-2-6-24(14)36)26(37)28(39)32-17-7-8-17/h10-12,14-15,17-18,22,25,33H,1-9,13H2,(H,32,39)(H,34,38)/t14-,15-,18-,22-,25-/m0/s1. The molecule has 3 saturated carbocycles. The Morgan fingerprint density at radius 3 is 2.55 bits per heavy atom. The lowest BCUT2D eigenvalue weighted by Crippen LogP contribution is -2.55. The number of hydrogen-bond acceptors (Lipinski definition) is 5. The number of nitrogens with zero attached hydrogens (tertiary/aromatic N) is 1. The van der Waals surface area contributed by atoms with Crippen molar-refractivity contribution in [2.24, 2.45) is 17.8 Å². The Balaban J connectivity index is 1.25. The molecule has 3 N–H and O–H groups in total. The molecule has 4 aliphatic rings. The summed E-state index contributed by atoms with van der Waals surface area (Å²) in [4.78, 5) is 70.7. The first-order chi connectivity index (χ1) is 19.2. The summed E-state index contributed by atoms with van der Waals surface area (Å²) in [5.41, 5.74) is 0.916. The summed E-state index contributed by atoms with van der Waals surface area (Å²) in [7, 11) is 0. The maximum atomic E-state index is 13.9. The van der Waals surface area contributed by atoms with E-state index in [1.165, 1.54) is 0 Å². The first-order valence-electron chi connectivity index (χ1n) is 14.2. The number of ketones is 2. The van der Waals surface area contributed by atoms with Crippen molar-refractivity contribution in [1.29, 1.82) is 0 Å². The number of hydrogen-bond donors (Lipinski definition) is 3. The number of carbonyl (C=O) groups is 5. The minimum absolute atomic E-state index is 0.0113. The smallest absolute Gasteiger partial charge is 0.289 e. The van der Waals surface area contributed by atoms with Crippen molar-refractivity contribution in [2.45, 2.75) is 75.9 Å². The lowest BCUT2D eigenvalue weighted by molar-refractivity contribution is -0.141. The number of likely N-dealkylation sites (tertiary alicyclic amines) is 1. The van der Waals surface area contributed by atoms with E-state index >= 15 is 0 Å². The molecule has 40 heavy (non-hydrogen) atoms. The number of amides is 3. The van der Waals surface area contributed by atoms with Crippen LogP contribution < -0.4 is 10.6 Å². The van der Waals surface area contributed by atoms with Gasteiger partial charge >= 0.3 is 0 Å². The van der Waals surface area contributed by atoms with Gasteiger partial charge in [0, 0.05) is 40.9 Å². The van der Waals surface area contributed by atoms with Crippen molar-refractivity contribution >= 4 is 63.4 Å². The molecule has 0 spiro atoms. The molecule has 212 valence electrons. The molecule has 2 aromatic rings. The molecular formula is C29H32Cl2N4O5. The van der Waals surface area contributed by atoms with Crippen LogP contribution in [0, 0.1) is 17.8 Å². The summed E-state index contributed by atoms with van der Waals surface area (Å²) in [5.74, 6) is -2.44. The van der Waals surface area contributed by atoms with Gasteiger partial charge in [0.1, 0.15) is 17.5 Å². The molecule has 1 aliphatic heterocycles. The van der Waals surface area contributed by atoms with Gasteiger partial charge < -0.3 is 20.5 Å². The fourth-order valence-electron chi connectivity index (χ4n) is 6.83. The lowest BCUT2D eigenvalue weighted by Gasteiger charge is -2.29. The fourth-order valence-corrected chi connectivity index (χ4v) is 7.38. The summed E-state index contributed by atoms with van der Waals surface area (Å²) >= 11 is 12.5. The van der Waals surface area contributed by atoms with Gasteiger partial charge in [0.05, 0.1) is 11.1 Å². The first-order valence-corrected chi connectivity index (χ1v) is 14.9. The average molecular weight is 588 g/mol. The highest BCUT2D eigenvalue weighted by atomic mass is 35.5. The van der Waals surface area contributed by atoms with E-state index in [4.69, 9.17) is 23.2 Å². The van der Waals surface area contributed by atoms with Crippen LogP contribution in [0.4, 0.5) is 0 Å². The quantitative estimate of drug-likeness (QED) is 0.405. The van der Waals surface area contributed by atoms with Gasteiger partial charge in [0.2, 0.25) is 11.7 Å². The zero-order chi connectivity index (χ0) is 28.1. The third-order valence-electron chi connectivity index (χ3n) is 9.02. The lowest BCUT2D eigenvalue weighted by atomic mass is 9.91. The molecular weight excluding hydrogens is 555 g/mol. The van der Waals surface area contributed by atoms with Crippen molar-refractivity contribution in [1.82, 2.24) is 20.5 Å². The summed E-state index contributed by atoms with van der Waals surface area (Å²) in [6, 6.07) is 3.05. The van der Waals surface area contributed by atoms with E-state index < -0.39 is 29.7 Å². The van der Waals surface area contributed by atoms with Gasteiger partial charge in [-0.15, -0.1) is 0 Å². The number of benzene rings is 1. The van der Waals surface area contributed by atoms with E-state index in [0.29, 0.717) is 46.0 Å². The molecule has 1 aromatic heterocycles.